The third-order valence-corrected chi connectivity index (χ3v) is 4.49. The van der Waals surface area contributed by atoms with Gasteiger partial charge in [-0.05, 0) is 49.6 Å². The Morgan fingerprint density at radius 3 is 2.42 bits per heavy atom. The Hall–Kier alpha value is -2.56. The Morgan fingerprint density at radius 2 is 1.75 bits per heavy atom. The molecule has 2 aromatic rings. The van der Waals surface area contributed by atoms with Gasteiger partial charge in [0.2, 0.25) is 5.56 Å². The number of aromatic amines is 1. The predicted molar refractivity (Wildman–Crippen MR) is 96.7 cm³/mol. The van der Waals surface area contributed by atoms with Crippen molar-refractivity contribution in [2.75, 3.05) is 10.6 Å². The van der Waals surface area contributed by atoms with Crippen LogP contribution >= 0.6 is 0 Å². The van der Waals surface area contributed by atoms with E-state index in [-0.39, 0.29) is 11.5 Å². The number of aromatic nitrogens is 1. The molecule has 0 atom stereocenters. The summed E-state index contributed by atoms with van der Waals surface area (Å²) in [6.45, 7) is 1.75. The zero-order valence-corrected chi connectivity index (χ0v) is 13.9. The van der Waals surface area contributed by atoms with Crippen molar-refractivity contribution in [1.82, 2.24) is 4.98 Å². The number of hydrogen-bond acceptors (Lipinski definition) is 3. The topological polar surface area (TPSA) is 74.0 Å². The molecule has 0 saturated heterocycles. The van der Waals surface area contributed by atoms with E-state index in [9.17, 15) is 9.59 Å². The molecule has 1 amide bonds. The smallest absolute Gasteiger partial charge is 0.257 e. The van der Waals surface area contributed by atoms with Crippen LogP contribution in [0.25, 0.3) is 0 Å². The number of H-pyrrole nitrogens is 1. The highest BCUT2D eigenvalue weighted by Crippen LogP contribution is 2.22. The summed E-state index contributed by atoms with van der Waals surface area (Å²) >= 11 is 0. The van der Waals surface area contributed by atoms with E-state index in [0.29, 0.717) is 17.2 Å². The molecule has 3 N–H and O–H groups in total. The van der Waals surface area contributed by atoms with E-state index in [1.807, 2.05) is 24.3 Å². The molecule has 0 radical (unpaired) electrons. The van der Waals surface area contributed by atoms with E-state index >= 15 is 0 Å². The van der Waals surface area contributed by atoms with Gasteiger partial charge < -0.3 is 15.6 Å². The maximum Gasteiger partial charge on any atom is 0.257 e. The summed E-state index contributed by atoms with van der Waals surface area (Å²) in [5, 5.41) is 6.42. The summed E-state index contributed by atoms with van der Waals surface area (Å²) in [7, 11) is 0. The van der Waals surface area contributed by atoms with Gasteiger partial charge >= 0.3 is 0 Å². The number of carbonyl (C=O) groups is 1. The minimum Gasteiger partial charge on any atom is -0.382 e. The van der Waals surface area contributed by atoms with Crippen LogP contribution in [0.5, 0.6) is 0 Å². The minimum absolute atomic E-state index is 0.206. The maximum atomic E-state index is 12.3. The number of aryl methyl sites for hydroxylation is 1. The monoisotopic (exact) mass is 325 g/mol. The van der Waals surface area contributed by atoms with Gasteiger partial charge in [0, 0.05) is 29.7 Å². The van der Waals surface area contributed by atoms with Gasteiger partial charge in [0.1, 0.15) is 0 Å². The third-order valence-electron chi connectivity index (χ3n) is 4.49. The first-order valence-corrected chi connectivity index (χ1v) is 8.49. The van der Waals surface area contributed by atoms with Crippen LogP contribution in [-0.4, -0.2) is 16.9 Å². The molecule has 1 fully saturated rings. The van der Waals surface area contributed by atoms with Crippen LogP contribution in [0.3, 0.4) is 0 Å². The molecule has 0 bridgehead atoms. The lowest BCUT2D eigenvalue weighted by Gasteiger charge is -2.23. The Labute approximate surface area is 141 Å². The number of anilines is 2. The summed E-state index contributed by atoms with van der Waals surface area (Å²) in [5.41, 5.74) is 2.74. The summed E-state index contributed by atoms with van der Waals surface area (Å²) in [5.74, 6) is -0.225. The van der Waals surface area contributed by atoms with Crippen LogP contribution in [0.15, 0.2) is 41.3 Å². The molecular weight excluding hydrogens is 302 g/mol. The van der Waals surface area contributed by atoms with Crippen molar-refractivity contribution < 1.29 is 4.79 Å². The van der Waals surface area contributed by atoms with Crippen molar-refractivity contribution >= 4 is 17.3 Å². The zero-order chi connectivity index (χ0) is 16.9. The fourth-order valence-electron chi connectivity index (χ4n) is 3.15. The van der Waals surface area contributed by atoms with Crippen molar-refractivity contribution in [2.45, 2.75) is 45.1 Å². The molecule has 24 heavy (non-hydrogen) atoms. The summed E-state index contributed by atoms with van der Waals surface area (Å²) in [6, 6.07) is 9.75. The first kappa shape index (κ1) is 16.3. The Morgan fingerprint density at radius 1 is 1.08 bits per heavy atom. The van der Waals surface area contributed by atoms with Gasteiger partial charge in [-0.2, -0.15) is 0 Å². The molecule has 3 rings (SSSR count). The molecule has 1 aliphatic rings. The number of pyridine rings is 1. The average molecular weight is 325 g/mol. The molecule has 1 aromatic carbocycles. The van der Waals surface area contributed by atoms with Gasteiger partial charge in [-0.15, -0.1) is 0 Å². The molecule has 1 saturated carbocycles. The van der Waals surface area contributed by atoms with Gasteiger partial charge in [-0.1, -0.05) is 19.3 Å². The van der Waals surface area contributed by atoms with E-state index in [1.54, 1.807) is 6.92 Å². The fourth-order valence-corrected chi connectivity index (χ4v) is 3.15. The van der Waals surface area contributed by atoms with Crippen molar-refractivity contribution in [2.24, 2.45) is 0 Å². The average Bonchev–Trinajstić information content (AvgIpc) is 2.57. The molecule has 0 spiro atoms. The van der Waals surface area contributed by atoms with E-state index < -0.39 is 0 Å². The molecule has 5 heteroatoms. The minimum atomic E-state index is -0.225. The first-order valence-electron chi connectivity index (χ1n) is 8.49. The highest BCUT2D eigenvalue weighted by molar-refractivity contribution is 6.05. The second kappa shape index (κ2) is 7.34. The third kappa shape index (κ3) is 4.04. The second-order valence-corrected chi connectivity index (χ2v) is 6.40. The molecule has 0 unspecified atom stereocenters. The fraction of sp³-hybridized carbons (Fsp3) is 0.368. The van der Waals surface area contributed by atoms with E-state index in [2.05, 4.69) is 15.6 Å². The Balaban J connectivity index is 1.63. The van der Waals surface area contributed by atoms with Gasteiger partial charge in [0.05, 0.1) is 5.56 Å². The zero-order valence-electron chi connectivity index (χ0n) is 13.9. The van der Waals surface area contributed by atoms with E-state index in [0.717, 1.165) is 11.4 Å². The van der Waals surface area contributed by atoms with Crippen molar-refractivity contribution in [3.63, 3.8) is 0 Å². The van der Waals surface area contributed by atoms with Gasteiger partial charge in [0.15, 0.2) is 0 Å². The van der Waals surface area contributed by atoms with Crippen molar-refractivity contribution in [1.29, 1.82) is 0 Å². The van der Waals surface area contributed by atoms with Crippen LogP contribution in [0.1, 0.15) is 48.0 Å². The Kier molecular flexibility index (Phi) is 4.99. The van der Waals surface area contributed by atoms with Gasteiger partial charge in [-0.3, -0.25) is 9.59 Å². The quantitative estimate of drug-likeness (QED) is 0.803. The summed E-state index contributed by atoms with van der Waals surface area (Å²) < 4.78 is 0. The molecule has 0 aliphatic heterocycles. The lowest BCUT2D eigenvalue weighted by Crippen LogP contribution is -2.22. The van der Waals surface area contributed by atoms with Crippen LogP contribution in [0, 0.1) is 6.92 Å². The van der Waals surface area contributed by atoms with Crippen LogP contribution < -0.4 is 16.2 Å². The highest BCUT2D eigenvalue weighted by atomic mass is 16.1. The lowest BCUT2D eigenvalue weighted by molar-refractivity contribution is 0.102. The van der Waals surface area contributed by atoms with Crippen LogP contribution in [0.2, 0.25) is 0 Å². The molecule has 1 heterocycles. The number of carbonyl (C=O) groups excluding carboxylic acids is 1. The number of hydrogen-bond donors (Lipinski definition) is 3. The molecule has 1 aromatic heterocycles. The number of benzene rings is 1. The molecule has 1 aliphatic carbocycles. The predicted octanol–water partition coefficient (Wildman–Crippen LogP) is 3.68. The number of amides is 1. The van der Waals surface area contributed by atoms with Gasteiger partial charge in [0.25, 0.3) is 5.91 Å². The van der Waals surface area contributed by atoms with Gasteiger partial charge in [-0.25, -0.2) is 0 Å². The van der Waals surface area contributed by atoms with E-state index in [1.165, 1.54) is 44.4 Å². The molecule has 126 valence electrons. The Bertz CT molecular complexity index is 759. The maximum absolute atomic E-state index is 12.3. The first-order chi connectivity index (χ1) is 11.6. The second-order valence-electron chi connectivity index (χ2n) is 6.40. The van der Waals surface area contributed by atoms with E-state index in [4.69, 9.17) is 0 Å². The standard InChI is InChI=1S/C19H23N3O2/c1-13-11-18(23)20-12-17(13)19(24)22-16-9-7-15(8-10-16)21-14-5-3-2-4-6-14/h7-12,14,21H,2-6H2,1H3,(H,20,23)(H,22,24). The normalized spacial score (nSPS) is 15.0. The van der Waals surface area contributed by atoms with Crippen LogP contribution in [-0.2, 0) is 0 Å². The van der Waals surface area contributed by atoms with Crippen LogP contribution in [0.4, 0.5) is 11.4 Å². The molecule has 5 nitrogen and oxygen atoms in total. The number of rotatable bonds is 4. The lowest BCUT2D eigenvalue weighted by atomic mass is 9.95. The summed E-state index contributed by atoms with van der Waals surface area (Å²) in [4.78, 5) is 26.1. The SMILES string of the molecule is Cc1cc(=O)[nH]cc1C(=O)Nc1ccc(NC2CCCCC2)cc1. The largest absolute Gasteiger partial charge is 0.382 e. The summed E-state index contributed by atoms with van der Waals surface area (Å²) in [6.07, 6.45) is 7.84. The molecular formula is C19H23N3O2. The highest BCUT2D eigenvalue weighted by Gasteiger charge is 2.13. The van der Waals surface area contributed by atoms with Crippen molar-refractivity contribution in [3.8, 4) is 0 Å². The van der Waals surface area contributed by atoms with Crippen molar-refractivity contribution in [3.05, 3.63) is 58.0 Å². The number of nitrogens with one attached hydrogen (secondary N) is 3.